The van der Waals surface area contributed by atoms with E-state index < -0.39 is 0 Å². The number of hydrogen-bond donors (Lipinski definition) is 0. The third kappa shape index (κ3) is 5.54. The highest BCUT2D eigenvalue weighted by Crippen LogP contribution is 2.23. The van der Waals surface area contributed by atoms with Gasteiger partial charge in [-0.15, -0.1) is 11.8 Å². The van der Waals surface area contributed by atoms with Crippen molar-refractivity contribution < 1.29 is 14.3 Å². The van der Waals surface area contributed by atoms with Crippen molar-refractivity contribution in [3.8, 4) is 0 Å². The normalized spacial score (nSPS) is 16.6. The van der Waals surface area contributed by atoms with Gasteiger partial charge in [-0.05, 0) is 62.7 Å². The molecule has 1 aliphatic rings. The van der Waals surface area contributed by atoms with E-state index in [1.165, 1.54) is 23.0 Å². The number of anilines is 1. The quantitative estimate of drug-likeness (QED) is 0.530. The standard InChI is InChI=1S/C23H28N2O3S/c1-4-28-22(26)16-29-21-10-8-19(9-11-21)23(27)24-12-13-25(18(3)15-24)20-7-5-6-17(2)14-20/h5-11,14,18H,4,12-13,15-16H2,1-3H3/t18-/m0/s1. The molecule has 5 nitrogen and oxygen atoms in total. The minimum Gasteiger partial charge on any atom is -0.465 e. The monoisotopic (exact) mass is 412 g/mol. The van der Waals surface area contributed by atoms with Crippen LogP contribution in [0, 0.1) is 6.92 Å². The van der Waals surface area contributed by atoms with Crippen molar-refractivity contribution in [1.82, 2.24) is 4.90 Å². The summed E-state index contributed by atoms with van der Waals surface area (Å²) < 4.78 is 4.94. The predicted octanol–water partition coefficient (Wildman–Crippen LogP) is 4.00. The second kappa shape index (κ2) is 9.83. The molecular weight excluding hydrogens is 384 g/mol. The minimum atomic E-state index is -0.224. The fourth-order valence-electron chi connectivity index (χ4n) is 3.55. The third-order valence-electron chi connectivity index (χ3n) is 5.01. The van der Waals surface area contributed by atoms with Crippen LogP contribution in [0.1, 0.15) is 29.8 Å². The van der Waals surface area contributed by atoms with Crippen LogP contribution in [0.15, 0.2) is 53.4 Å². The van der Waals surface area contributed by atoms with Gasteiger partial charge in [0.15, 0.2) is 0 Å². The summed E-state index contributed by atoms with van der Waals surface area (Å²) >= 11 is 1.42. The van der Waals surface area contributed by atoms with Crippen LogP contribution >= 0.6 is 11.8 Å². The maximum absolute atomic E-state index is 12.9. The van der Waals surface area contributed by atoms with Gasteiger partial charge in [0.25, 0.3) is 5.91 Å². The van der Waals surface area contributed by atoms with Gasteiger partial charge in [-0.1, -0.05) is 12.1 Å². The first-order valence-electron chi connectivity index (χ1n) is 9.99. The average Bonchev–Trinajstić information content (AvgIpc) is 2.72. The Hall–Kier alpha value is -2.47. The number of piperazine rings is 1. The topological polar surface area (TPSA) is 49.9 Å². The summed E-state index contributed by atoms with van der Waals surface area (Å²) in [6, 6.07) is 16.2. The molecule has 0 N–H and O–H groups in total. The summed E-state index contributed by atoms with van der Waals surface area (Å²) in [5.74, 6) is 0.111. The molecule has 2 aromatic rings. The summed E-state index contributed by atoms with van der Waals surface area (Å²) in [6.07, 6.45) is 0. The molecule has 1 saturated heterocycles. The average molecular weight is 413 g/mol. The van der Waals surface area contributed by atoms with Crippen molar-refractivity contribution in [2.24, 2.45) is 0 Å². The fraction of sp³-hybridized carbons (Fsp3) is 0.391. The van der Waals surface area contributed by atoms with Crippen molar-refractivity contribution >= 4 is 29.3 Å². The molecule has 2 aromatic carbocycles. The number of hydrogen-bond acceptors (Lipinski definition) is 5. The lowest BCUT2D eigenvalue weighted by Crippen LogP contribution is -2.53. The predicted molar refractivity (Wildman–Crippen MR) is 118 cm³/mol. The van der Waals surface area contributed by atoms with Crippen LogP contribution in [0.25, 0.3) is 0 Å². The van der Waals surface area contributed by atoms with Gasteiger partial charge >= 0.3 is 5.97 Å². The van der Waals surface area contributed by atoms with Gasteiger partial charge in [-0.3, -0.25) is 9.59 Å². The Bertz CT molecular complexity index is 853. The number of ether oxygens (including phenoxy) is 1. The number of esters is 1. The van der Waals surface area contributed by atoms with E-state index in [0.29, 0.717) is 25.3 Å². The summed E-state index contributed by atoms with van der Waals surface area (Å²) in [6.45, 7) is 8.68. The van der Waals surface area contributed by atoms with E-state index in [-0.39, 0.29) is 23.7 Å². The molecule has 0 aliphatic carbocycles. The van der Waals surface area contributed by atoms with Crippen molar-refractivity contribution in [3.05, 3.63) is 59.7 Å². The number of rotatable bonds is 6. The molecule has 1 fully saturated rings. The van der Waals surface area contributed by atoms with E-state index in [9.17, 15) is 9.59 Å². The zero-order valence-corrected chi connectivity index (χ0v) is 18.1. The van der Waals surface area contributed by atoms with E-state index in [4.69, 9.17) is 4.74 Å². The Balaban J connectivity index is 1.58. The second-order valence-corrected chi connectivity index (χ2v) is 8.30. The fourth-order valence-corrected chi connectivity index (χ4v) is 4.25. The van der Waals surface area contributed by atoms with Gasteiger partial charge in [0.1, 0.15) is 0 Å². The minimum absolute atomic E-state index is 0.0580. The van der Waals surface area contributed by atoms with Crippen LogP contribution in [0.4, 0.5) is 5.69 Å². The molecule has 0 unspecified atom stereocenters. The summed E-state index contributed by atoms with van der Waals surface area (Å²) in [5, 5.41) is 0. The molecule has 0 radical (unpaired) electrons. The Morgan fingerprint density at radius 3 is 2.55 bits per heavy atom. The highest BCUT2D eigenvalue weighted by Gasteiger charge is 2.27. The molecule has 1 amide bonds. The van der Waals surface area contributed by atoms with Crippen LogP contribution in [0.3, 0.4) is 0 Å². The Labute approximate surface area is 177 Å². The number of aryl methyl sites for hydroxylation is 1. The third-order valence-corrected chi connectivity index (χ3v) is 6.00. The number of benzene rings is 2. The van der Waals surface area contributed by atoms with E-state index >= 15 is 0 Å². The van der Waals surface area contributed by atoms with Crippen molar-refractivity contribution in [3.63, 3.8) is 0 Å². The molecule has 0 bridgehead atoms. The van der Waals surface area contributed by atoms with E-state index in [2.05, 4.69) is 43.0 Å². The zero-order chi connectivity index (χ0) is 20.8. The number of nitrogens with zero attached hydrogens (tertiary/aromatic N) is 2. The largest absolute Gasteiger partial charge is 0.465 e. The molecule has 3 rings (SSSR count). The zero-order valence-electron chi connectivity index (χ0n) is 17.3. The summed E-state index contributed by atoms with van der Waals surface area (Å²) in [5.41, 5.74) is 3.14. The highest BCUT2D eigenvalue weighted by atomic mass is 32.2. The van der Waals surface area contributed by atoms with E-state index in [1.807, 2.05) is 29.2 Å². The first-order valence-corrected chi connectivity index (χ1v) is 11.0. The SMILES string of the molecule is CCOC(=O)CSc1ccc(C(=O)N2CCN(c3cccc(C)c3)[C@@H](C)C2)cc1. The lowest BCUT2D eigenvalue weighted by molar-refractivity contribution is -0.139. The van der Waals surface area contributed by atoms with Gasteiger partial charge in [-0.25, -0.2) is 0 Å². The molecule has 0 aromatic heterocycles. The Morgan fingerprint density at radius 2 is 1.90 bits per heavy atom. The van der Waals surface area contributed by atoms with Gasteiger partial charge in [0, 0.05) is 41.8 Å². The van der Waals surface area contributed by atoms with Crippen LogP contribution < -0.4 is 4.90 Å². The maximum Gasteiger partial charge on any atom is 0.316 e. The molecular formula is C23H28N2O3S. The molecule has 0 spiro atoms. The van der Waals surface area contributed by atoms with E-state index in [1.54, 1.807) is 6.92 Å². The Kier molecular flexibility index (Phi) is 7.20. The molecule has 154 valence electrons. The van der Waals surface area contributed by atoms with Crippen molar-refractivity contribution in [2.45, 2.75) is 31.7 Å². The summed E-state index contributed by atoms with van der Waals surface area (Å²) in [4.78, 5) is 29.6. The van der Waals surface area contributed by atoms with Crippen molar-refractivity contribution in [2.75, 3.05) is 36.9 Å². The van der Waals surface area contributed by atoms with Crippen LogP contribution in [-0.2, 0) is 9.53 Å². The molecule has 1 atom stereocenters. The van der Waals surface area contributed by atoms with Gasteiger partial charge in [0.2, 0.25) is 0 Å². The van der Waals surface area contributed by atoms with Crippen LogP contribution in [0.2, 0.25) is 0 Å². The number of carbonyl (C=O) groups excluding carboxylic acids is 2. The lowest BCUT2D eigenvalue weighted by atomic mass is 10.1. The molecule has 0 saturated carbocycles. The van der Waals surface area contributed by atoms with Gasteiger partial charge < -0.3 is 14.5 Å². The first-order chi connectivity index (χ1) is 14.0. The molecule has 29 heavy (non-hydrogen) atoms. The maximum atomic E-state index is 12.9. The first kappa shape index (κ1) is 21.2. The number of thioether (sulfide) groups is 1. The lowest BCUT2D eigenvalue weighted by Gasteiger charge is -2.41. The smallest absolute Gasteiger partial charge is 0.316 e. The van der Waals surface area contributed by atoms with Crippen molar-refractivity contribution in [1.29, 1.82) is 0 Å². The van der Waals surface area contributed by atoms with Crippen LogP contribution in [-0.4, -0.2) is 54.8 Å². The molecule has 6 heteroatoms. The summed E-state index contributed by atoms with van der Waals surface area (Å²) in [7, 11) is 0. The molecule has 1 aliphatic heterocycles. The Morgan fingerprint density at radius 1 is 1.14 bits per heavy atom. The highest BCUT2D eigenvalue weighted by molar-refractivity contribution is 8.00. The van der Waals surface area contributed by atoms with Gasteiger partial charge in [0.05, 0.1) is 12.4 Å². The second-order valence-electron chi connectivity index (χ2n) is 7.25. The van der Waals surface area contributed by atoms with Gasteiger partial charge in [-0.2, -0.15) is 0 Å². The number of carbonyl (C=O) groups is 2. The molecule has 1 heterocycles. The van der Waals surface area contributed by atoms with Crippen LogP contribution in [0.5, 0.6) is 0 Å². The number of amides is 1. The van der Waals surface area contributed by atoms with E-state index in [0.717, 1.165) is 11.4 Å².